The standard InChI is InChI=1S/C11H18N4O/c1-4-8(2)15(3)11(16)10-7-9(14-12)5-6-13-10/h5-8H,4,12H2,1-3H3,(H,13,14). The molecular weight excluding hydrogens is 204 g/mol. The van der Waals surface area contributed by atoms with Crippen molar-refractivity contribution in [3.63, 3.8) is 0 Å². The van der Waals surface area contributed by atoms with Crippen LogP contribution < -0.4 is 11.3 Å². The third-order valence-corrected chi connectivity index (χ3v) is 2.72. The molecule has 16 heavy (non-hydrogen) atoms. The van der Waals surface area contributed by atoms with Crippen LogP contribution in [0.5, 0.6) is 0 Å². The first-order valence-electron chi connectivity index (χ1n) is 5.30. The lowest BCUT2D eigenvalue weighted by atomic mass is 10.2. The number of anilines is 1. The van der Waals surface area contributed by atoms with Crippen LogP contribution in [0.15, 0.2) is 18.3 Å². The third-order valence-electron chi connectivity index (χ3n) is 2.72. The van der Waals surface area contributed by atoms with Gasteiger partial charge in [0, 0.05) is 19.3 Å². The van der Waals surface area contributed by atoms with E-state index in [4.69, 9.17) is 5.84 Å². The monoisotopic (exact) mass is 222 g/mol. The number of pyridine rings is 1. The van der Waals surface area contributed by atoms with Gasteiger partial charge in [0.2, 0.25) is 0 Å². The van der Waals surface area contributed by atoms with Gasteiger partial charge < -0.3 is 10.3 Å². The molecule has 0 saturated carbocycles. The minimum absolute atomic E-state index is 0.0912. The van der Waals surface area contributed by atoms with Gasteiger partial charge in [-0.3, -0.25) is 15.6 Å². The van der Waals surface area contributed by atoms with Crippen molar-refractivity contribution in [1.82, 2.24) is 9.88 Å². The molecule has 1 amide bonds. The number of hydrogen-bond donors (Lipinski definition) is 2. The second-order valence-electron chi connectivity index (χ2n) is 3.75. The molecule has 0 spiro atoms. The number of nitrogen functional groups attached to an aromatic ring is 1. The molecular formula is C11H18N4O. The number of amides is 1. The molecule has 0 bridgehead atoms. The van der Waals surface area contributed by atoms with Crippen LogP contribution in [0.4, 0.5) is 5.69 Å². The van der Waals surface area contributed by atoms with Crippen molar-refractivity contribution in [1.29, 1.82) is 0 Å². The lowest BCUT2D eigenvalue weighted by Gasteiger charge is -2.23. The molecule has 5 heteroatoms. The molecule has 0 aliphatic heterocycles. The van der Waals surface area contributed by atoms with Gasteiger partial charge in [0.1, 0.15) is 5.69 Å². The number of nitrogens with one attached hydrogen (secondary N) is 1. The molecule has 5 nitrogen and oxygen atoms in total. The summed E-state index contributed by atoms with van der Waals surface area (Å²) in [6.07, 6.45) is 2.48. The Labute approximate surface area is 95.6 Å². The maximum Gasteiger partial charge on any atom is 0.272 e. The van der Waals surface area contributed by atoms with Crippen LogP contribution in [0.1, 0.15) is 30.8 Å². The van der Waals surface area contributed by atoms with Crippen LogP contribution in [0.3, 0.4) is 0 Å². The fraction of sp³-hybridized carbons (Fsp3) is 0.455. The zero-order valence-electron chi connectivity index (χ0n) is 9.90. The van der Waals surface area contributed by atoms with Crippen LogP contribution in [0, 0.1) is 0 Å². The fourth-order valence-electron chi connectivity index (χ4n) is 1.29. The van der Waals surface area contributed by atoms with Crippen LogP contribution >= 0.6 is 0 Å². The van der Waals surface area contributed by atoms with Crippen LogP contribution in [-0.4, -0.2) is 28.9 Å². The van der Waals surface area contributed by atoms with Gasteiger partial charge in [0.15, 0.2) is 0 Å². The van der Waals surface area contributed by atoms with Gasteiger partial charge in [-0.15, -0.1) is 0 Å². The molecule has 1 heterocycles. The first kappa shape index (κ1) is 12.4. The van der Waals surface area contributed by atoms with E-state index < -0.39 is 0 Å². The second kappa shape index (κ2) is 5.46. The van der Waals surface area contributed by atoms with Crippen molar-refractivity contribution >= 4 is 11.6 Å². The summed E-state index contributed by atoms with van der Waals surface area (Å²) in [5.74, 6) is 5.19. The van der Waals surface area contributed by atoms with E-state index in [9.17, 15) is 4.79 Å². The number of nitrogens with two attached hydrogens (primary N) is 1. The van der Waals surface area contributed by atoms with Crippen LogP contribution in [0.25, 0.3) is 0 Å². The van der Waals surface area contributed by atoms with Gasteiger partial charge in [0.05, 0.1) is 5.69 Å². The summed E-state index contributed by atoms with van der Waals surface area (Å²) in [4.78, 5) is 17.7. The van der Waals surface area contributed by atoms with E-state index in [1.165, 1.54) is 0 Å². The average Bonchev–Trinajstić information content (AvgIpc) is 2.36. The number of carbonyl (C=O) groups excluding carboxylic acids is 1. The van der Waals surface area contributed by atoms with Crippen molar-refractivity contribution < 1.29 is 4.79 Å². The highest BCUT2D eigenvalue weighted by Gasteiger charge is 2.17. The number of hydrazine groups is 1. The molecule has 1 atom stereocenters. The Morgan fingerprint density at radius 3 is 2.94 bits per heavy atom. The third kappa shape index (κ3) is 2.70. The number of nitrogens with zero attached hydrogens (tertiary/aromatic N) is 2. The van der Waals surface area contributed by atoms with Crippen molar-refractivity contribution in [2.75, 3.05) is 12.5 Å². The van der Waals surface area contributed by atoms with Crippen LogP contribution in [-0.2, 0) is 0 Å². The largest absolute Gasteiger partial charge is 0.338 e. The zero-order chi connectivity index (χ0) is 12.1. The normalized spacial score (nSPS) is 12.0. The molecule has 1 unspecified atom stereocenters. The van der Waals surface area contributed by atoms with E-state index in [0.717, 1.165) is 6.42 Å². The van der Waals surface area contributed by atoms with Crippen molar-refractivity contribution in [2.45, 2.75) is 26.3 Å². The predicted molar refractivity (Wildman–Crippen MR) is 63.9 cm³/mol. The zero-order valence-corrected chi connectivity index (χ0v) is 9.90. The quantitative estimate of drug-likeness (QED) is 0.594. The first-order valence-corrected chi connectivity index (χ1v) is 5.30. The number of carbonyl (C=O) groups is 1. The molecule has 0 radical (unpaired) electrons. The summed E-state index contributed by atoms with van der Waals surface area (Å²) in [6, 6.07) is 3.55. The molecule has 3 N–H and O–H groups in total. The van der Waals surface area contributed by atoms with Gasteiger partial charge in [-0.2, -0.15) is 0 Å². The molecule has 0 aliphatic rings. The number of rotatable bonds is 4. The van der Waals surface area contributed by atoms with Gasteiger partial charge in [0.25, 0.3) is 5.91 Å². The van der Waals surface area contributed by atoms with Crippen molar-refractivity contribution in [2.24, 2.45) is 5.84 Å². The van der Waals surface area contributed by atoms with E-state index in [-0.39, 0.29) is 11.9 Å². The van der Waals surface area contributed by atoms with E-state index in [2.05, 4.69) is 10.4 Å². The topological polar surface area (TPSA) is 71.2 Å². The van der Waals surface area contributed by atoms with E-state index in [0.29, 0.717) is 11.4 Å². The Balaban J connectivity index is 2.87. The highest BCUT2D eigenvalue weighted by molar-refractivity contribution is 5.93. The van der Waals surface area contributed by atoms with Gasteiger partial charge in [-0.25, -0.2) is 0 Å². The molecule has 0 fully saturated rings. The highest BCUT2D eigenvalue weighted by atomic mass is 16.2. The molecule has 1 aromatic rings. The van der Waals surface area contributed by atoms with Crippen molar-refractivity contribution in [3.8, 4) is 0 Å². The van der Waals surface area contributed by atoms with E-state index in [1.807, 2.05) is 13.8 Å². The summed E-state index contributed by atoms with van der Waals surface area (Å²) < 4.78 is 0. The SMILES string of the molecule is CCC(C)N(C)C(=O)c1cc(NN)ccn1. The Kier molecular flexibility index (Phi) is 4.25. The maximum absolute atomic E-state index is 12.0. The summed E-state index contributed by atoms with van der Waals surface area (Å²) in [5, 5.41) is 0. The fourth-order valence-corrected chi connectivity index (χ4v) is 1.29. The summed E-state index contributed by atoms with van der Waals surface area (Å²) in [5.41, 5.74) is 3.57. The Bertz CT molecular complexity index is 367. The molecule has 0 saturated heterocycles. The lowest BCUT2D eigenvalue weighted by molar-refractivity contribution is 0.0734. The Morgan fingerprint density at radius 2 is 2.38 bits per heavy atom. The maximum atomic E-state index is 12.0. The molecule has 1 aromatic heterocycles. The Morgan fingerprint density at radius 1 is 1.69 bits per heavy atom. The molecule has 1 rings (SSSR count). The average molecular weight is 222 g/mol. The smallest absolute Gasteiger partial charge is 0.272 e. The van der Waals surface area contributed by atoms with E-state index in [1.54, 1.807) is 30.3 Å². The molecule has 88 valence electrons. The van der Waals surface area contributed by atoms with Crippen LogP contribution in [0.2, 0.25) is 0 Å². The molecule has 0 aromatic carbocycles. The summed E-state index contributed by atoms with van der Waals surface area (Å²) >= 11 is 0. The number of hydrogen-bond acceptors (Lipinski definition) is 4. The summed E-state index contributed by atoms with van der Waals surface area (Å²) in [7, 11) is 1.78. The Hall–Kier alpha value is -1.62. The van der Waals surface area contributed by atoms with Gasteiger partial charge in [-0.1, -0.05) is 6.92 Å². The lowest BCUT2D eigenvalue weighted by Crippen LogP contribution is -2.35. The minimum atomic E-state index is -0.0912. The molecule has 0 aliphatic carbocycles. The summed E-state index contributed by atoms with van der Waals surface area (Å²) in [6.45, 7) is 4.04. The highest BCUT2D eigenvalue weighted by Crippen LogP contribution is 2.10. The minimum Gasteiger partial charge on any atom is -0.338 e. The number of aromatic nitrogens is 1. The first-order chi connectivity index (χ1) is 7.60. The second-order valence-corrected chi connectivity index (χ2v) is 3.75. The van der Waals surface area contributed by atoms with E-state index >= 15 is 0 Å². The van der Waals surface area contributed by atoms with Crippen molar-refractivity contribution in [3.05, 3.63) is 24.0 Å². The van der Waals surface area contributed by atoms with Gasteiger partial charge in [-0.05, 0) is 25.5 Å². The van der Waals surface area contributed by atoms with Gasteiger partial charge >= 0.3 is 0 Å². The predicted octanol–water partition coefficient (Wildman–Crippen LogP) is 1.24.